The fraction of sp³-hybridized carbons (Fsp3) is 0.278. The van der Waals surface area contributed by atoms with Gasteiger partial charge in [0.2, 0.25) is 0 Å². The Bertz CT molecular complexity index is 656. The maximum absolute atomic E-state index is 5.93. The Kier molecular flexibility index (Phi) is 8.39. The van der Waals surface area contributed by atoms with Gasteiger partial charge in [-0.2, -0.15) is 0 Å². The molecule has 2 rings (SSSR count). The van der Waals surface area contributed by atoms with Crippen LogP contribution >= 0.6 is 24.0 Å². The number of guanidine groups is 1. The summed E-state index contributed by atoms with van der Waals surface area (Å²) < 4.78 is 5.27. The Balaban J connectivity index is 0.00000288. The zero-order valence-electron chi connectivity index (χ0n) is 14.3. The van der Waals surface area contributed by atoms with E-state index in [2.05, 4.69) is 39.5 Å². The van der Waals surface area contributed by atoms with E-state index < -0.39 is 0 Å². The van der Waals surface area contributed by atoms with Crippen molar-refractivity contribution in [3.05, 3.63) is 54.1 Å². The summed E-state index contributed by atoms with van der Waals surface area (Å²) in [5.41, 5.74) is 9.18. The van der Waals surface area contributed by atoms with Gasteiger partial charge in [-0.3, -0.25) is 4.99 Å². The number of aliphatic imine (C=N–C) groups is 1. The maximum atomic E-state index is 5.93. The van der Waals surface area contributed by atoms with Crippen LogP contribution < -0.4 is 20.7 Å². The fourth-order valence-electron chi connectivity index (χ4n) is 2.19. The zero-order chi connectivity index (χ0) is 16.7. The third kappa shape index (κ3) is 5.92. The molecule has 3 N–H and O–H groups in total. The number of anilines is 2. The topological polar surface area (TPSA) is 62.9 Å². The summed E-state index contributed by atoms with van der Waals surface area (Å²) in [6.45, 7) is 0.634. The first-order valence-corrected chi connectivity index (χ1v) is 7.56. The van der Waals surface area contributed by atoms with E-state index in [0.717, 1.165) is 17.9 Å². The van der Waals surface area contributed by atoms with Crippen LogP contribution in [0.1, 0.15) is 5.56 Å². The van der Waals surface area contributed by atoms with Crippen LogP contribution in [0.3, 0.4) is 0 Å². The van der Waals surface area contributed by atoms with Gasteiger partial charge in [0.25, 0.3) is 0 Å². The summed E-state index contributed by atoms with van der Waals surface area (Å²) in [5, 5.41) is 3.07. The van der Waals surface area contributed by atoms with E-state index in [1.807, 2.05) is 38.4 Å². The van der Waals surface area contributed by atoms with Crippen LogP contribution in [0.4, 0.5) is 11.4 Å². The molecule has 24 heavy (non-hydrogen) atoms. The Hall–Kier alpha value is -1.96. The highest BCUT2D eigenvalue weighted by atomic mass is 127. The SMILES string of the molecule is COc1ccccc1NC(N)=NCCc1ccc(N(C)C)cc1.I. The maximum Gasteiger partial charge on any atom is 0.193 e. The third-order valence-corrected chi connectivity index (χ3v) is 3.51. The second-order valence-electron chi connectivity index (χ2n) is 5.40. The van der Waals surface area contributed by atoms with Crippen LogP contribution in [0.25, 0.3) is 0 Å². The van der Waals surface area contributed by atoms with Gasteiger partial charge in [-0.15, -0.1) is 24.0 Å². The number of hydrogen-bond acceptors (Lipinski definition) is 3. The number of nitrogens with two attached hydrogens (primary N) is 1. The number of halogens is 1. The van der Waals surface area contributed by atoms with Gasteiger partial charge < -0.3 is 20.7 Å². The Morgan fingerprint density at radius 3 is 2.42 bits per heavy atom. The number of rotatable bonds is 6. The molecule has 0 unspecified atom stereocenters. The molecule has 0 amide bonds. The standard InChI is InChI=1S/C18H24N4O.HI/c1-22(2)15-10-8-14(9-11-15)12-13-20-18(19)21-16-6-4-5-7-17(16)23-3;/h4-11H,12-13H2,1-3H3,(H3,19,20,21);1H. The Morgan fingerprint density at radius 2 is 1.79 bits per heavy atom. The molecule has 0 aliphatic heterocycles. The van der Waals surface area contributed by atoms with E-state index in [1.54, 1.807) is 7.11 Å². The number of methoxy groups -OCH3 is 1. The molecule has 2 aromatic rings. The second kappa shape index (κ2) is 10.0. The lowest BCUT2D eigenvalue weighted by atomic mass is 10.1. The molecular formula is C18H25IN4O. The molecule has 130 valence electrons. The molecule has 6 heteroatoms. The highest BCUT2D eigenvalue weighted by Crippen LogP contribution is 2.22. The van der Waals surface area contributed by atoms with Gasteiger partial charge in [-0.05, 0) is 36.2 Å². The molecule has 0 aliphatic rings. The molecule has 0 heterocycles. The van der Waals surface area contributed by atoms with Crippen molar-refractivity contribution in [1.29, 1.82) is 0 Å². The predicted octanol–water partition coefficient (Wildman–Crippen LogP) is 3.35. The van der Waals surface area contributed by atoms with Gasteiger partial charge in [-0.25, -0.2) is 0 Å². The van der Waals surface area contributed by atoms with Gasteiger partial charge >= 0.3 is 0 Å². The molecular weight excluding hydrogens is 415 g/mol. The molecule has 2 aromatic carbocycles. The van der Waals surface area contributed by atoms with E-state index in [4.69, 9.17) is 10.5 Å². The molecule has 0 atom stereocenters. The molecule has 0 bridgehead atoms. The monoisotopic (exact) mass is 440 g/mol. The van der Waals surface area contributed by atoms with Crippen molar-refractivity contribution in [3.63, 3.8) is 0 Å². The van der Waals surface area contributed by atoms with Gasteiger partial charge in [0, 0.05) is 26.3 Å². The van der Waals surface area contributed by atoms with Crippen molar-refractivity contribution in [2.24, 2.45) is 10.7 Å². The first kappa shape index (κ1) is 20.1. The Morgan fingerprint density at radius 1 is 1.12 bits per heavy atom. The quantitative estimate of drug-likeness (QED) is 0.411. The lowest BCUT2D eigenvalue weighted by Crippen LogP contribution is -2.23. The summed E-state index contributed by atoms with van der Waals surface area (Å²) in [5.74, 6) is 1.13. The third-order valence-electron chi connectivity index (χ3n) is 3.51. The average Bonchev–Trinajstić information content (AvgIpc) is 2.56. The lowest BCUT2D eigenvalue weighted by Gasteiger charge is -2.12. The van der Waals surface area contributed by atoms with E-state index in [-0.39, 0.29) is 24.0 Å². The molecule has 0 saturated carbocycles. The number of benzene rings is 2. The first-order valence-electron chi connectivity index (χ1n) is 7.56. The van der Waals surface area contributed by atoms with Crippen molar-refractivity contribution >= 4 is 41.3 Å². The summed E-state index contributed by atoms with van der Waals surface area (Å²) in [6.07, 6.45) is 0.849. The van der Waals surface area contributed by atoms with Gasteiger partial charge in [0.05, 0.1) is 12.8 Å². The van der Waals surface area contributed by atoms with Crippen LogP contribution in [0.15, 0.2) is 53.5 Å². The summed E-state index contributed by atoms with van der Waals surface area (Å²) in [7, 11) is 5.69. The van der Waals surface area contributed by atoms with E-state index in [0.29, 0.717) is 12.5 Å². The van der Waals surface area contributed by atoms with Crippen LogP contribution in [0.5, 0.6) is 5.75 Å². The highest BCUT2D eigenvalue weighted by Gasteiger charge is 2.02. The minimum absolute atomic E-state index is 0. The highest BCUT2D eigenvalue weighted by molar-refractivity contribution is 14.0. The molecule has 5 nitrogen and oxygen atoms in total. The lowest BCUT2D eigenvalue weighted by molar-refractivity contribution is 0.417. The number of nitrogens with zero attached hydrogens (tertiary/aromatic N) is 2. The predicted molar refractivity (Wildman–Crippen MR) is 113 cm³/mol. The molecule has 0 fully saturated rings. The number of nitrogens with one attached hydrogen (secondary N) is 1. The zero-order valence-corrected chi connectivity index (χ0v) is 16.7. The van der Waals surface area contributed by atoms with Crippen molar-refractivity contribution < 1.29 is 4.74 Å². The number of ether oxygens (including phenoxy) is 1. The summed E-state index contributed by atoms with van der Waals surface area (Å²) in [4.78, 5) is 6.45. The molecule has 0 saturated heterocycles. The minimum atomic E-state index is 0. The molecule has 0 radical (unpaired) electrons. The van der Waals surface area contributed by atoms with Crippen LogP contribution in [0.2, 0.25) is 0 Å². The van der Waals surface area contributed by atoms with Crippen molar-refractivity contribution in [2.45, 2.75) is 6.42 Å². The molecule has 0 aliphatic carbocycles. The van der Waals surface area contributed by atoms with Crippen LogP contribution in [0, 0.1) is 0 Å². The fourth-order valence-corrected chi connectivity index (χ4v) is 2.19. The van der Waals surface area contributed by atoms with Crippen molar-refractivity contribution in [3.8, 4) is 5.75 Å². The van der Waals surface area contributed by atoms with Crippen LogP contribution in [-0.4, -0.2) is 33.7 Å². The molecule has 0 spiro atoms. The van der Waals surface area contributed by atoms with Gasteiger partial charge in [-0.1, -0.05) is 24.3 Å². The van der Waals surface area contributed by atoms with E-state index in [9.17, 15) is 0 Å². The van der Waals surface area contributed by atoms with E-state index >= 15 is 0 Å². The summed E-state index contributed by atoms with van der Waals surface area (Å²) >= 11 is 0. The number of hydrogen-bond donors (Lipinski definition) is 2. The van der Waals surface area contributed by atoms with E-state index in [1.165, 1.54) is 11.3 Å². The largest absolute Gasteiger partial charge is 0.495 e. The first-order chi connectivity index (χ1) is 11.1. The van der Waals surface area contributed by atoms with Crippen molar-refractivity contribution in [2.75, 3.05) is 38.0 Å². The second-order valence-corrected chi connectivity index (χ2v) is 5.40. The molecule has 0 aromatic heterocycles. The normalized spacial score (nSPS) is 10.7. The minimum Gasteiger partial charge on any atom is -0.495 e. The number of para-hydroxylation sites is 2. The van der Waals surface area contributed by atoms with Crippen LogP contribution in [-0.2, 0) is 6.42 Å². The Labute approximate surface area is 160 Å². The summed E-state index contributed by atoms with van der Waals surface area (Å²) in [6, 6.07) is 16.1. The average molecular weight is 440 g/mol. The smallest absolute Gasteiger partial charge is 0.193 e. The van der Waals surface area contributed by atoms with Gasteiger partial charge in [0.15, 0.2) is 5.96 Å². The van der Waals surface area contributed by atoms with Gasteiger partial charge in [0.1, 0.15) is 5.75 Å². The van der Waals surface area contributed by atoms with Crippen molar-refractivity contribution in [1.82, 2.24) is 0 Å².